The van der Waals surface area contributed by atoms with Crippen molar-refractivity contribution in [3.8, 4) is 0 Å². The molecule has 0 saturated heterocycles. The van der Waals surface area contributed by atoms with Crippen molar-refractivity contribution in [1.82, 2.24) is 26.6 Å². The summed E-state index contributed by atoms with van der Waals surface area (Å²) in [5.41, 5.74) is 10.3. The fourth-order valence-corrected chi connectivity index (χ4v) is 3.44. The standard InChI is InChI=1S/C24H37N7O15/c1-9(27-20(41)10(25)8-32)19(40)28-11(2-4-16(34)35)21(42)30-13(7-18(38)39)23(44)29-12(3-5-17(36)37)22(43)31-14(24(45)46)6-15(26)33/h9-14,32H,2-8,25H2,1H3,(H2,26,33)(H,27,41)(H,28,40)(H,29,44)(H,30,42)(H,31,43)(H,34,35)(H,36,37)(H,38,39)(H,45,46). The molecule has 6 unspecified atom stereocenters. The molecule has 0 aliphatic heterocycles. The summed E-state index contributed by atoms with van der Waals surface area (Å²) in [6.45, 7) is 0.397. The van der Waals surface area contributed by atoms with E-state index in [4.69, 9.17) is 26.8 Å². The average Bonchev–Trinajstić information content (AvgIpc) is 2.94. The van der Waals surface area contributed by atoms with Gasteiger partial charge in [0.05, 0.1) is 19.4 Å². The quantitative estimate of drug-likeness (QED) is 0.0512. The molecular weight excluding hydrogens is 626 g/mol. The minimum Gasteiger partial charge on any atom is -0.481 e. The number of nitrogens with one attached hydrogen (secondary N) is 5. The topological polar surface area (TPSA) is 384 Å². The Bertz CT molecular complexity index is 1190. The van der Waals surface area contributed by atoms with Gasteiger partial charge < -0.3 is 63.6 Å². The molecule has 46 heavy (non-hydrogen) atoms. The lowest BCUT2D eigenvalue weighted by atomic mass is 10.1. The Morgan fingerprint density at radius 2 is 0.978 bits per heavy atom. The van der Waals surface area contributed by atoms with Gasteiger partial charge in [-0.1, -0.05) is 0 Å². The van der Waals surface area contributed by atoms with Crippen molar-refractivity contribution in [2.75, 3.05) is 6.61 Å². The molecule has 6 amide bonds. The summed E-state index contributed by atoms with van der Waals surface area (Å²) in [4.78, 5) is 120. The largest absolute Gasteiger partial charge is 0.481 e. The molecule has 14 N–H and O–H groups in total. The summed E-state index contributed by atoms with van der Waals surface area (Å²) in [6.07, 6.45) is -4.75. The van der Waals surface area contributed by atoms with Crippen LogP contribution in [0.15, 0.2) is 0 Å². The number of carboxylic acid groups (broad SMARTS) is 4. The molecule has 0 aliphatic rings. The monoisotopic (exact) mass is 663 g/mol. The second kappa shape index (κ2) is 19.8. The van der Waals surface area contributed by atoms with Crippen LogP contribution in [-0.4, -0.2) is 128 Å². The van der Waals surface area contributed by atoms with Crippen LogP contribution in [0.3, 0.4) is 0 Å². The Labute approximate surface area is 259 Å². The van der Waals surface area contributed by atoms with Gasteiger partial charge in [0.2, 0.25) is 35.4 Å². The summed E-state index contributed by atoms with van der Waals surface area (Å²) in [5.74, 6) is -13.3. The van der Waals surface area contributed by atoms with Crippen molar-refractivity contribution in [2.45, 2.75) is 81.7 Å². The van der Waals surface area contributed by atoms with Crippen LogP contribution in [0, 0.1) is 0 Å². The van der Waals surface area contributed by atoms with Gasteiger partial charge in [-0.2, -0.15) is 0 Å². The number of carbonyl (C=O) groups is 10. The highest BCUT2D eigenvalue weighted by Gasteiger charge is 2.33. The number of amides is 6. The van der Waals surface area contributed by atoms with Crippen molar-refractivity contribution in [3.05, 3.63) is 0 Å². The highest BCUT2D eigenvalue weighted by atomic mass is 16.4. The summed E-state index contributed by atoms with van der Waals surface area (Å²) >= 11 is 0. The van der Waals surface area contributed by atoms with Crippen molar-refractivity contribution in [1.29, 1.82) is 0 Å². The Morgan fingerprint density at radius 1 is 0.565 bits per heavy atom. The lowest BCUT2D eigenvalue weighted by molar-refractivity contribution is -0.144. The van der Waals surface area contributed by atoms with Crippen molar-refractivity contribution in [3.63, 3.8) is 0 Å². The van der Waals surface area contributed by atoms with Crippen LogP contribution in [0.5, 0.6) is 0 Å². The third kappa shape index (κ3) is 15.9. The number of hydrogen-bond donors (Lipinski definition) is 12. The maximum atomic E-state index is 13.0. The molecule has 0 radical (unpaired) electrons. The number of rotatable bonds is 22. The van der Waals surface area contributed by atoms with Gasteiger partial charge >= 0.3 is 23.9 Å². The number of aliphatic hydroxyl groups excluding tert-OH is 1. The van der Waals surface area contributed by atoms with E-state index in [0.717, 1.165) is 6.92 Å². The van der Waals surface area contributed by atoms with Crippen LogP contribution in [0.4, 0.5) is 0 Å². The summed E-state index contributed by atoms with van der Waals surface area (Å²) in [5, 5.41) is 55.7. The van der Waals surface area contributed by atoms with Crippen LogP contribution in [-0.2, 0) is 47.9 Å². The maximum Gasteiger partial charge on any atom is 0.326 e. The van der Waals surface area contributed by atoms with Gasteiger partial charge in [0.1, 0.15) is 36.3 Å². The Morgan fingerprint density at radius 3 is 1.37 bits per heavy atom. The Hall–Kier alpha value is -5.38. The number of carbonyl (C=O) groups excluding carboxylic acids is 6. The summed E-state index contributed by atoms with van der Waals surface area (Å²) in [7, 11) is 0. The zero-order valence-corrected chi connectivity index (χ0v) is 24.4. The lowest BCUT2D eigenvalue weighted by Crippen LogP contribution is -2.59. The van der Waals surface area contributed by atoms with E-state index < -0.39 is 141 Å². The van der Waals surface area contributed by atoms with Gasteiger partial charge in [0.15, 0.2) is 0 Å². The van der Waals surface area contributed by atoms with E-state index in [9.17, 15) is 58.2 Å². The van der Waals surface area contributed by atoms with Crippen LogP contribution >= 0.6 is 0 Å². The Kier molecular flexibility index (Phi) is 17.5. The predicted octanol–water partition coefficient (Wildman–Crippen LogP) is -6.09. The van der Waals surface area contributed by atoms with Crippen molar-refractivity contribution >= 4 is 59.3 Å². The van der Waals surface area contributed by atoms with E-state index in [1.165, 1.54) is 0 Å². The zero-order chi connectivity index (χ0) is 35.7. The van der Waals surface area contributed by atoms with Crippen LogP contribution < -0.4 is 38.1 Å². The van der Waals surface area contributed by atoms with Gasteiger partial charge in [-0.05, 0) is 19.8 Å². The highest BCUT2D eigenvalue weighted by Crippen LogP contribution is 2.06. The van der Waals surface area contributed by atoms with Crippen molar-refractivity contribution < 1.29 is 73.5 Å². The third-order valence-electron chi connectivity index (χ3n) is 5.88. The normalized spacial score (nSPS) is 14.5. The van der Waals surface area contributed by atoms with E-state index in [-0.39, 0.29) is 0 Å². The van der Waals surface area contributed by atoms with E-state index in [1.54, 1.807) is 0 Å². The maximum absolute atomic E-state index is 13.0. The third-order valence-corrected chi connectivity index (χ3v) is 5.88. The number of primary amides is 1. The van der Waals surface area contributed by atoms with E-state index in [1.807, 2.05) is 16.0 Å². The van der Waals surface area contributed by atoms with Gasteiger partial charge in [0, 0.05) is 12.8 Å². The molecule has 0 fully saturated rings. The number of hydrogen-bond acceptors (Lipinski definition) is 12. The molecule has 258 valence electrons. The van der Waals surface area contributed by atoms with E-state index in [2.05, 4.69) is 10.6 Å². The zero-order valence-electron chi connectivity index (χ0n) is 24.4. The molecule has 0 saturated carbocycles. The van der Waals surface area contributed by atoms with Gasteiger partial charge in [-0.3, -0.25) is 43.2 Å². The second-order valence-corrected chi connectivity index (χ2v) is 9.74. The summed E-state index contributed by atoms with van der Waals surface area (Å²) < 4.78 is 0. The molecule has 0 aromatic carbocycles. The van der Waals surface area contributed by atoms with Crippen LogP contribution in [0.2, 0.25) is 0 Å². The number of aliphatic hydroxyl groups is 1. The van der Waals surface area contributed by atoms with E-state index >= 15 is 0 Å². The van der Waals surface area contributed by atoms with Gasteiger partial charge in [-0.25, -0.2) is 4.79 Å². The highest BCUT2D eigenvalue weighted by molar-refractivity contribution is 5.98. The first kappa shape index (κ1) is 40.6. The Balaban J connectivity index is 6.05. The molecule has 0 aromatic heterocycles. The average molecular weight is 664 g/mol. The number of nitrogens with two attached hydrogens (primary N) is 2. The van der Waals surface area contributed by atoms with Gasteiger partial charge in [0.25, 0.3) is 0 Å². The summed E-state index contributed by atoms with van der Waals surface area (Å²) in [6, 6.07) is -10.2. The molecule has 0 aromatic rings. The molecule has 0 heterocycles. The van der Waals surface area contributed by atoms with Crippen LogP contribution in [0.1, 0.15) is 45.4 Å². The predicted molar refractivity (Wildman–Crippen MR) is 148 cm³/mol. The molecule has 0 aliphatic carbocycles. The smallest absolute Gasteiger partial charge is 0.326 e. The van der Waals surface area contributed by atoms with E-state index in [0.29, 0.717) is 0 Å². The number of carboxylic acids is 4. The lowest BCUT2D eigenvalue weighted by Gasteiger charge is -2.26. The fourth-order valence-electron chi connectivity index (χ4n) is 3.44. The van der Waals surface area contributed by atoms with Crippen LogP contribution in [0.25, 0.3) is 0 Å². The minimum atomic E-state index is -2.02. The SMILES string of the molecule is CC(NC(=O)C(N)CO)C(=O)NC(CCC(=O)O)C(=O)NC(CC(=O)O)C(=O)NC(CCC(=O)O)C(=O)NC(CC(N)=O)C(=O)O. The van der Waals surface area contributed by atoms with Gasteiger partial charge in [-0.15, -0.1) is 0 Å². The first-order valence-electron chi connectivity index (χ1n) is 13.3. The molecule has 22 heteroatoms. The molecular formula is C24H37N7O15. The first-order chi connectivity index (χ1) is 21.3. The fraction of sp³-hybridized carbons (Fsp3) is 0.583. The van der Waals surface area contributed by atoms with Crippen molar-refractivity contribution in [2.24, 2.45) is 11.5 Å². The molecule has 6 atom stereocenters. The molecule has 22 nitrogen and oxygen atoms in total. The molecule has 0 bridgehead atoms. The minimum absolute atomic E-state index is 0.592. The molecule has 0 spiro atoms. The second-order valence-electron chi connectivity index (χ2n) is 9.74. The first-order valence-corrected chi connectivity index (χ1v) is 13.3. The molecule has 0 rings (SSSR count). The number of aliphatic carboxylic acids is 4.